The maximum Gasteiger partial charge on any atom is 0.410 e. The van der Waals surface area contributed by atoms with Crippen LogP contribution >= 0.6 is 0 Å². The van der Waals surface area contributed by atoms with Gasteiger partial charge in [0.2, 0.25) is 5.72 Å². The summed E-state index contributed by atoms with van der Waals surface area (Å²) in [6, 6.07) is 8.90. The van der Waals surface area contributed by atoms with E-state index in [4.69, 9.17) is 14.0 Å². The Morgan fingerprint density at radius 1 is 1.36 bits per heavy atom. The second kappa shape index (κ2) is 7.81. The average Bonchev–Trinajstić information content (AvgIpc) is 2.57. The number of carbonyl (C=O) groups excluding carboxylic acids is 2. The molecule has 0 spiro atoms. The summed E-state index contributed by atoms with van der Waals surface area (Å²) in [7, 11) is -4.70. The highest BCUT2D eigenvalue weighted by Crippen LogP contribution is 2.27. The number of ether oxygens (including phenoxy) is 2. The van der Waals surface area contributed by atoms with Crippen LogP contribution in [0.5, 0.6) is 0 Å². The maximum absolute atomic E-state index is 12.1. The standard InChI is InChI=1S/C15H20N2O7S/c1-2-3-9-24-15(11-17(13(15)18)25(20,21)22)16-14(19)23-10-12-7-5-4-6-8-12/h4-8H,2-3,9-11H2,1H3,(H,16,19)(H,20,21,22). The first-order valence-electron chi connectivity index (χ1n) is 7.71. The van der Waals surface area contributed by atoms with Crippen LogP contribution in [0.3, 0.4) is 0 Å². The Balaban J connectivity index is 1.99. The number of hydrogen-bond acceptors (Lipinski definition) is 6. The van der Waals surface area contributed by atoms with Crippen molar-refractivity contribution in [1.29, 1.82) is 0 Å². The highest BCUT2D eigenvalue weighted by molar-refractivity contribution is 7.84. The van der Waals surface area contributed by atoms with E-state index in [1.807, 2.05) is 13.0 Å². The van der Waals surface area contributed by atoms with Gasteiger partial charge in [-0.15, -0.1) is 0 Å². The van der Waals surface area contributed by atoms with Crippen LogP contribution in [0.15, 0.2) is 30.3 Å². The third-order valence-electron chi connectivity index (χ3n) is 3.58. The molecule has 1 aromatic rings. The van der Waals surface area contributed by atoms with Gasteiger partial charge in [0.1, 0.15) is 6.61 Å². The van der Waals surface area contributed by atoms with E-state index in [0.717, 1.165) is 12.0 Å². The van der Waals surface area contributed by atoms with Crippen molar-refractivity contribution in [2.75, 3.05) is 13.2 Å². The van der Waals surface area contributed by atoms with Gasteiger partial charge >= 0.3 is 16.4 Å². The van der Waals surface area contributed by atoms with E-state index < -0.39 is 34.6 Å². The summed E-state index contributed by atoms with van der Waals surface area (Å²) in [6.07, 6.45) is 0.468. The first-order chi connectivity index (χ1) is 11.8. The highest BCUT2D eigenvalue weighted by atomic mass is 32.2. The molecule has 1 unspecified atom stereocenters. The molecule has 0 bridgehead atoms. The van der Waals surface area contributed by atoms with Crippen molar-refractivity contribution in [2.24, 2.45) is 0 Å². The summed E-state index contributed by atoms with van der Waals surface area (Å²) in [5.41, 5.74) is -1.10. The smallest absolute Gasteiger partial charge is 0.410 e. The Kier molecular flexibility index (Phi) is 5.98. The molecule has 0 radical (unpaired) electrons. The molecule has 0 aromatic heterocycles. The quantitative estimate of drug-likeness (QED) is 0.303. The molecule has 1 saturated heterocycles. The molecule has 2 N–H and O–H groups in total. The summed E-state index contributed by atoms with van der Waals surface area (Å²) >= 11 is 0. The molecule has 9 nitrogen and oxygen atoms in total. The molecule has 0 saturated carbocycles. The second-order valence-corrected chi connectivity index (χ2v) is 6.84. The Morgan fingerprint density at radius 3 is 2.60 bits per heavy atom. The zero-order valence-corrected chi connectivity index (χ0v) is 14.5. The lowest BCUT2D eigenvalue weighted by Gasteiger charge is -2.45. The van der Waals surface area contributed by atoms with E-state index >= 15 is 0 Å². The Labute approximate surface area is 145 Å². The lowest BCUT2D eigenvalue weighted by atomic mass is 10.1. The van der Waals surface area contributed by atoms with Crippen LogP contribution in [0.1, 0.15) is 25.3 Å². The lowest BCUT2D eigenvalue weighted by Crippen LogP contribution is -2.76. The number of nitrogens with zero attached hydrogens (tertiary/aromatic N) is 1. The number of amides is 2. The van der Waals surface area contributed by atoms with Gasteiger partial charge in [-0.2, -0.15) is 8.42 Å². The highest BCUT2D eigenvalue weighted by Gasteiger charge is 2.59. The average molecular weight is 372 g/mol. The van der Waals surface area contributed by atoms with Crippen LogP contribution in [0.2, 0.25) is 0 Å². The van der Waals surface area contributed by atoms with E-state index in [1.54, 1.807) is 24.3 Å². The first-order valence-corrected chi connectivity index (χ1v) is 9.10. The fourth-order valence-corrected chi connectivity index (χ4v) is 2.89. The van der Waals surface area contributed by atoms with Crippen molar-refractivity contribution in [2.45, 2.75) is 32.1 Å². The fourth-order valence-electron chi connectivity index (χ4n) is 2.19. The first kappa shape index (κ1) is 19.2. The number of nitrogens with one attached hydrogen (secondary N) is 1. The van der Waals surface area contributed by atoms with Gasteiger partial charge in [0.15, 0.2) is 0 Å². The Bertz CT molecular complexity index is 723. The number of rotatable bonds is 8. The van der Waals surface area contributed by atoms with Gasteiger partial charge in [0, 0.05) is 0 Å². The predicted molar refractivity (Wildman–Crippen MR) is 86.6 cm³/mol. The number of hydrogen-bond donors (Lipinski definition) is 2. The van der Waals surface area contributed by atoms with Crippen molar-refractivity contribution in [3.05, 3.63) is 35.9 Å². The molecule has 10 heteroatoms. The van der Waals surface area contributed by atoms with Gasteiger partial charge in [-0.25, -0.2) is 9.10 Å². The van der Waals surface area contributed by atoms with Crippen LogP contribution in [0.4, 0.5) is 4.79 Å². The van der Waals surface area contributed by atoms with Crippen LogP contribution < -0.4 is 5.32 Å². The summed E-state index contributed by atoms with van der Waals surface area (Å²) in [5.74, 6) is -1.07. The monoisotopic (exact) mass is 372 g/mol. The van der Waals surface area contributed by atoms with E-state index in [0.29, 0.717) is 6.42 Å². The van der Waals surface area contributed by atoms with Gasteiger partial charge in [-0.05, 0) is 12.0 Å². The molecule has 25 heavy (non-hydrogen) atoms. The van der Waals surface area contributed by atoms with Crippen molar-refractivity contribution in [1.82, 2.24) is 9.62 Å². The summed E-state index contributed by atoms with van der Waals surface area (Å²) < 4.78 is 41.8. The Morgan fingerprint density at radius 2 is 2.04 bits per heavy atom. The number of benzene rings is 1. The molecule has 1 fully saturated rings. The zero-order valence-electron chi connectivity index (χ0n) is 13.7. The minimum absolute atomic E-state index is 0.0199. The fraction of sp³-hybridized carbons (Fsp3) is 0.467. The molecule has 2 amide bonds. The van der Waals surface area contributed by atoms with E-state index in [9.17, 15) is 18.0 Å². The molecule has 2 rings (SSSR count). The molecule has 1 aliphatic rings. The number of unbranched alkanes of at least 4 members (excludes halogenated alkanes) is 1. The van der Waals surface area contributed by atoms with Gasteiger partial charge in [-0.1, -0.05) is 43.7 Å². The topological polar surface area (TPSA) is 122 Å². The molecule has 1 atom stereocenters. The number of β-lactam (4-membered cyclic amide) rings is 1. The Hall–Kier alpha value is -2.17. The second-order valence-electron chi connectivity index (χ2n) is 5.51. The molecule has 138 valence electrons. The summed E-state index contributed by atoms with van der Waals surface area (Å²) in [5, 5.41) is 2.26. The van der Waals surface area contributed by atoms with Crippen molar-refractivity contribution >= 4 is 22.3 Å². The molecule has 1 heterocycles. The SMILES string of the molecule is CCCCOC1(NC(=O)OCc2ccccc2)CN(S(=O)(=O)O)C1=O. The molecular weight excluding hydrogens is 352 g/mol. The van der Waals surface area contributed by atoms with Crippen LogP contribution in [0.25, 0.3) is 0 Å². The third-order valence-corrected chi connectivity index (χ3v) is 4.43. The van der Waals surface area contributed by atoms with Crippen molar-refractivity contribution in [3.8, 4) is 0 Å². The largest absolute Gasteiger partial charge is 0.445 e. The van der Waals surface area contributed by atoms with E-state index in [2.05, 4.69) is 5.32 Å². The molecular formula is C15H20N2O7S. The molecule has 0 aliphatic carbocycles. The van der Waals surface area contributed by atoms with Gasteiger partial charge in [0.25, 0.3) is 5.91 Å². The minimum atomic E-state index is -4.70. The minimum Gasteiger partial charge on any atom is -0.445 e. The molecule has 1 aromatic carbocycles. The van der Waals surface area contributed by atoms with Crippen LogP contribution in [-0.4, -0.2) is 48.2 Å². The van der Waals surface area contributed by atoms with Crippen LogP contribution in [-0.2, 0) is 31.2 Å². The van der Waals surface area contributed by atoms with Gasteiger partial charge in [-0.3, -0.25) is 14.7 Å². The van der Waals surface area contributed by atoms with Crippen LogP contribution in [0, 0.1) is 0 Å². The van der Waals surface area contributed by atoms with E-state index in [1.165, 1.54) is 0 Å². The van der Waals surface area contributed by atoms with Gasteiger partial charge < -0.3 is 9.47 Å². The third kappa shape index (κ3) is 4.68. The number of carbonyl (C=O) groups is 2. The van der Waals surface area contributed by atoms with Crippen molar-refractivity contribution < 1.29 is 32.0 Å². The predicted octanol–water partition coefficient (Wildman–Crippen LogP) is 1.07. The zero-order chi connectivity index (χ0) is 18.5. The van der Waals surface area contributed by atoms with Gasteiger partial charge in [0.05, 0.1) is 13.2 Å². The lowest BCUT2D eigenvalue weighted by molar-refractivity contribution is -0.182. The normalized spacial score (nSPS) is 20.1. The summed E-state index contributed by atoms with van der Waals surface area (Å²) in [6.45, 7) is 1.51. The van der Waals surface area contributed by atoms with Crippen molar-refractivity contribution in [3.63, 3.8) is 0 Å². The summed E-state index contributed by atoms with van der Waals surface area (Å²) in [4.78, 5) is 24.1. The van der Waals surface area contributed by atoms with E-state index in [-0.39, 0.29) is 17.5 Å². The maximum atomic E-state index is 12.1. The number of alkyl carbamates (subject to hydrolysis) is 1. The molecule has 1 aliphatic heterocycles.